The van der Waals surface area contributed by atoms with Gasteiger partial charge in [0.15, 0.2) is 0 Å². The van der Waals surface area contributed by atoms with Crippen LogP contribution in [-0.2, 0) is 19.1 Å². The van der Waals surface area contributed by atoms with Crippen LogP contribution in [0.1, 0.15) is 40.0 Å². The molecule has 0 amide bonds. The summed E-state index contributed by atoms with van der Waals surface area (Å²) < 4.78 is 10.4. The maximum absolute atomic E-state index is 11.5. The molecule has 1 rings (SSSR count). The van der Waals surface area contributed by atoms with Crippen molar-refractivity contribution in [1.29, 1.82) is 0 Å². The molecule has 1 aliphatic rings. The van der Waals surface area contributed by atoms with E-state index in [1.54, 1.807) is 13.8 Å². The van der Waals surface area contributed by atoms with Crippen LogP contribution in [0.3, 0.4) is 0 Å². The van der Waals surface area contributed by atoms with Crippen LogP contribution in [0.5, 0.6) is 0 Å². The van der Waals surface area contributed by atoms with Crippen LogP contribution >= 0.6 is 0 Å². The molecule has 0 bridgehead atoms. The highest BCUT2D eigenvalue weighted by atomic mass is 16.5. The molecule has 0 saturated carbocycles. The second-order valence-electron chi connectivity index (χ2n) is 3.80. The predicted molar refractivity (Wildman–Crippen MR) is 58.7 cm³/mol. The summed E-state index contributed by atoms with van der Waals surface area (Å²) in [6.45, 7) is 5.68. The summed E-state index contributed by atoms with van der Waals surface area (Å²) in [4.78, 5) is 22.8. The summed E-state index contributed by atoms with van der Waals surface area (Å²) >= 11 is 0. The zero-order valence-corrected chi connectivity index (χ0v) is 10.0. The van der Waals surface area contributed by atoms with E-state index in [1.165, 1.54) is 0 Å². The number of hydrogen-bond acceptors (Lipinski definition) is 4. The van der Waals surface area contributed by atoms with Gasteiger partial charge < -0.3 is 9.47 Å². The van der Waals surface area contributed by atoms with Gasteiger partial charge in [-0.05, 0) is 13.8 Å². The van der Waals surface area contributed by atoms with Crippen molar-refractivity contribution >= 4 is 11.8 Å². The van der Waals surface area contributed by atoms with Crippen LogP contribution in [0.15, 0.2) is 11.3 Å². The number of carbonyl (C=O) groups excluding carboxylic acids is 2. The van der Waals surface area contributed by atoms with Gasteiger partial charge in [-0.1, -0.05) is 6.92 Å². The van der Waals surface area contributed by atoms with E-state index in [2.05, 4.69) is 0 Å². The lowest BCUT2D eigenvalue weighted by atomic mass is 10.1. The molecule has 0 radical (unpaired) electrons. The normalized spacial score (nSPS) is 19.6. The van der Waals surface area contributed by atoms with Crippen molar-refractivity contribution in [3.8, 4) is 0 Å². The lowest BCUT2D eigenvalue weighted by molar-refractivity contribution is -0.138. The van der Waals surface area contributed by atoms with Crippen LogP contribution in [0, 0.1) is 0 Å². The Morgan fingerprint density at radius 3 is 2.69 bits per heavy atom. The summed E-state index contributed by atoms with van der Waals surface area (Å²) in [5.41, 5.74) is 0.566. The fourth-order valence-electron chi connectivity index (χ4n) is 1.69. The van der Waals surface area contributed by atoms with Crippen molar-refractivity contribution in [3.63, 3.8) is 0 Å². The number of esters is 1. The minimum absolute atomic E-state index is 0.155. The quantitative estimate of drug-likeness (QED) is 0.673. The average molecular weight is 226 g/mol. The van der Waals surface area contributed by atoms with Crippen molar-refractivity contribution in [1.82, 2.24) is 0 Å². The Morgan fingerprint density at radius 2 is 2.12 bits per heavy atom. The number of carbonyl (C=O) groups is 2. The Bertz CT molecular complexity index is 317. The smallest absolute Gasteiger partial charge is 0.337 e. The van der Waals surface area contributed by atoms with Crippen molar-refractivity contribution < 1.29 is 19.1 Å². The van der Waals surface area contributed by atoms with Crippen molar-refractivity contribution in [3.05, 3.63) is 11.3 Å². The lowest BCUT2D eigenvalue weighted by Crippen LogP contribution is -2.14. The number of ketones is 1. The zero-order valence-electron chi connectivity index (χ0n) is 10.0. The second-order valence-corrected chi connectivity index (χ2v) is 3.80. The fourth-order valence-corrected chi connectivity index (χ4v) is 1.69. The van der Waals surface area contributed by atoms with Gasteiger partial charge in [0.05, 0.1) is 12.2 Å². The molecule has 0 N–H and O–H groups in total. The Morgan fingerprint density at radius 1 is 1.44 bits per heavy atom. The van der Waals surface area contributed by atoms with Gasteiger partial charge in [-0.25, -0.2) is 4.79 Å². The summed E-state index contributed by atoms with van der Waals surface area (Å²) in [5.74, 6) is 0.418. The van der Waals surface area contributed by atoms with E-state index in [4.69, 9.17) is 9.47 Å². The van der Waals surface area contributed by atoms with Gasteiger partial charge >= 0.3 is 5.97 Å². The fraction of sp³-hybridized carbons (Fsp3) is 0.667. The monoisotopic (exact) mass is 226 g/mol. The second kappa shape index (κ2) is 5.68. The van der Waals surface area contributed by atoms with E-state index in [-0.39, 0.29) is 17.9 Å². The Kier molecular flexibility index (Phi) is 4.52. The van der Waals surface area contributed by atoms with Crippen molar-refractivity contribution in [2.75, 3.05) is 6.61 Å². The zero-order chi connectivity index (χ0) is 12.1. The molecule has 0 aromatic carbocycles. The first-order valence-corrected chi connectivity index (χ1v) is 5.63. The molecule has 1 atom stereocenters. The average Bonchev–Trinajstić information content (AvgIpc) is 2.59. The lowest BCUT2D eigenvalue weighted by Gasteiger charge is -2.09. The predicted octanol–water partition coefficient (Wildman–Crippen LogP) is 1.98. The van der Waals surface area contributed by atoms with E-state index in [1.807, 2.05) is 6.92 Å². The molecule has 0 aromatic rings. The summed E-state index contributed by atoms with van der Waals surface area (Å²) in [6.07, 6.45) is 1.17. The maximum Gasteiger partial charge on any atom is 0.337 e. The van der Waals surface area contributed by atoms with Crippen molar-refractivity contribution in [2.24, 2.45) is 0 Å². The molecule has 1 heterocycles. The van der Waals surface area contributed by atoms with Crippen LogP contribution in [0.25, 0.3) is 0 Å². The minimum atomic E-state index is -0.327. The van der Waals surface area contributed by atoms with E-state index in [0.29, 0.717) is 37.2 Å². The molecule has 0 saturated heterocycles. The van der Waals surface area contributed by atoms with Gasteiger partial charge in [0.1, 0.15) is 17.6 Å². The summed E-state index contributed by atoms with van der Waals surface area (Å²) in [5, 5.41) is 0. The number of allylic oxidation sites excluding steroid dienone is 1. The van der Waals surface area contributed by atoms with E-state index in [0.717, 1.165) is 0 Å². The van der Waals surface area contributed by atoms with Crippen LogP contribution in [0.4, 0.5) is 0 Å². The van der Waals surface area contributed by atoms with Gasteiger partial charge in [-0.15, -0.1) is 0 Å². The van der Waals surface area contributed by atoms with Gasteiger partial charge in [-0.3, -0.25) is 4.79 Å². The number of Topliss-reactive ketones (excluding diaryl/α,β-unsaturated/α-hetero) is 1. The van der Waals surface area contributed by atoms with Gasteiger partial charge in [-0.2, -0.15) is 0 Å². The molecule has 0 aromatic heterocycles. The van der Waals surface area contributed by atoms with Crippen LogP contribution in [-0.4, -0.2) is 24.5 Å². The minimum Gasteiger partial charge on any atom is -0.494 e. The molecule has 90 valence electrons. The van der Waals surface area contributed by atoms with E-state index >= 15 is 0 Å². The largest absolute Gasteiger partial charge is 0.494 e. The van der Waals surface area contributed by atoms with Gasteiger partial charge in [0, 0.05) is 19.3 Å². The van der Waals surface area contributed by atoms with Crippen LogP contribution < -0.4 is 0 Å². The molecule has 1 unspecified atom stereocenters. The van der Waals surface area contributed by atoms with E-state index in [9.17, 15) is 9.59 Å². The highest BCUT2D eigenvalue weighted by molar-refractivity contribution is 5.89. The first kappa shape index (κ1) is 12.7. The molecule has 0 fully saturated rings. The Labute approximate surface area is 95.6 Å². The number of rotatable bonds is 5. The van der Waals surface area contributed by atoms with Gasteiger partial charge in [0.2, 0.25) is 0 Å². The molecule has 4 nitrogen and oxygen atoms in total. The SMILES string of the molecule is CCOC(=O)C1=C(C)OC(CC(=O)CC)C1. The van der Waals surface area contributed by atoms with Crippen molar-refractivity contribution in [2.45, 2.75) is 46.1 Å². The first-order valence-electron chi connectivity index (χ1n) is 5.63. The molecule has 0 aliphatic carbocycles. The molecule has 0 spiro atoms. The first-order chi connectivity index (χ1) is 7.58. The third-order valence-corrected chi connectivity index (χ3v) is 2.57. The molecule has 1 aliphatic heterocycles. The third kappa shape index (κ3) is 3.08. The molecular weight excluding hydrogens is 208 g/mol. The highest BCUT2D eigenvalue weighted by Gasteiger charge is 2.29. The molecular formula is C12H18O4. The number of hydrogen-bond donors (Lipinski definition) is 0. The van der Waals surface area contributed by atoms with E-state index < -0.39 is 0 Å². The topological polar surface area (TPSA) is 52.6 Å². The number of ether oxygens (including phenoxy) is 2. The highest BCUT2D eigenvalue weighted by Crippen LogP contribution is 2.27. The summed E-state index contributed by atoms with van der Waals surface area (Å²) in [6, 6.07) is 0. The maximum atomic E-state index is 11.5. The van der Waals surface area contributed by atoms with Crippen LogP contribution in [0.2, 0.25) is 0 Å². The molecule has 4 heteroatoms. The van der Waals surface area contributed by atoms with Gasteiger partial charge in [0.25, 0.3) is 0 Å². The summed E-state index contributed by atoms with van der Waals surface area (Å²) in [7, 11) is 0. The third-order valence-electron chi connectivity index (χ3n) is 2.57. The Balaban J connectivity index is 2.53. The Hall–Kier alpha value is -1.32. The molecule has 16 heavy (non-hydrogen) atoms. The standard InChI is InChI=1S/C12H18O4/c1-4-9(13)6-10-7-11(8(3)16-10)12(14)15-5-2/h10H,4-7H2,1-3H3.